The number of anilines is 2. The summed E-state index contributed by atoms with van der Waals surface area (Å²) in [6.45, 7) is 5.24. The molecule has 0 saturated carbocycles. The van der Waals surface area contributed by atoms with Gasteiger partial charge in [-0.2, -0.15) is 5.10 Å². The van der Waals surface area contributed by atoms with Gasteiger partial charge in [-0.05, 0) is 57.0 Å². The standard InChI is InChI=1S/C24H23FN6O4/c1-12-16(13(2)31-23(28-12)18(11-27-31)22(26)33)5-7-21(32)29-15-4-6-19(25)20(10-15)30-24(34)17-8-9-35-14(17)3/h4,6,8-11H,5,7H2,1-3H3,(H2,26,33)(H,29,32)(H,30,34). The number of fused-ring (bicyclic) bond motifs is 1. The van der Waals surface area contributed by atoms with Crippen molar-refractivity contribution in [2.45, 2.75) is 33.6 Å². The summed E-state index contributed by atoms with van der Waals surface area (Å²) < 4.78 is 20.9. The molecule has 3 aromatic heterocycles. The summed E-state index contributed by atoms with van der Waals surface area (Å²) in [7, 11) is 0. The number of primary amides is 1. The van der Waals surface area contributed by atoms with Gasteiger partial charge in [-0.15, -0.1) is 0 Å². The predicted octanol–water partition coefficient (Wildman–Crippen LogP) is 3.31. The van der Waals surface area contributed by atoms with Crippen LogP contribution in [-0.2, 0) is 11.2 Å². The van der Waals surface area contributed by atoms with E-state index >= 15 is 0 Å². The summed E-state index contributed by atoms with van der Waals surface area (Å²) in [4.78, 5) is 41.0. The number of nitrogens with one attached hydrogen (secondary N) is 2. The van der Waals surface area contributed by atoms with Crippen LogP contribution in [0, 0.1) is 26.6 Å². The van der Waals surface area contributed by atoms with E-state index in [1.165, 1.54) is 35.2 Å². The average Bonchev–Trinajstić information content (AvgIpc) is 3.42. The lowest BCUT2D eigenvalue weighted by Gasteiger charge is -2.12. The molecule has 0 aliphatic carbocycles. The molecule has 0 aliphatic heterocycles. The number of carbonyl (C=O) groups excluding carboxylic acids is 3. The van der Waals surface area contributed by atoms with Crippen LogP contribution in [-0.4, -0.2) is 32.3 Å². The number of aromatic nitrogens is 3. The average molecular weight is 478 g/mol. The fraction of sp³-hybridized carbons (Fsp3) is 0.208. The first-order chi connectivity index (χ1) is 16.7. The minimum atomic E-state index is -0.641. The zero-order chi connectivity index (χ0) is 25.3. The molecule has 1 aromatic carbocycles. The summed E-state index contributed by atoms with van der Waals surface area (Å²) in [5.41, 5.74) is 8.73. The first-order valence-corrected chi connectivity index (χ1v) is 10.7. The first kappa shape index (κ1) is 23.6. The Morgan fingerprint density at radius 3 is 2.57 bits per heavy atom. The van der Waals surface area contributed by atoms with Gasteiger partial charge in [0.1, 0.15) is 17.1 Å². The number of benzene rings is 1. The van der Waals surface area contributed by atoms with E-state index in [-0.39, 0.29) is 29.1 Å². The molecule has 3 heterocycles. The van der Waals surface area contributed by atoms with E-state index in [1.54, 1.807) is 13.8 Å². The highest BCUT2D eigenvalue weighted by atomic mass is 19.1. The minimum absolute atomic E-state index is 0.0707. The number of hydrogen-bond donors (Lipinski definition) is 3. The fourth-order valence-electron chi connectivity index (χ4n) is 3.82. The summed E-state index contributed by atoms with van der Waals surface area (Å²) in [6.07, 6.45) is 3.22. The quantitative estimate of drug-likeness (QED) is 0.372. The van der Waals surface area contributed by atoms with Crippen molar-refractivity contribution in [2.24, 2.45) is 5.73 Å². The van der Waals surface area contributed by atoms with Crippen LogP contribution in [0.1, 0.15) is 49.8 Å². The SMILES string of the molecule is Cc1nc2c(C(N)=O)cnn2c(C)c1CCC(=O)Nc1ccc(F)c(NC(=O)c2ccoc2C)c1. The lowest BCUT2D eigenvalue weighted by molar-refractivity contribution is -0.116. The van der Waals surface area contributed by atoms with Gasteiger partial charge in [0.25, 0.3) is 11.8 Å². The van der Waals surface area contributed by atoms with Crippen molar-refractivity contribution in [1.29, 1.82) is 0 Å². The normalized spacial score (nSPS) is 11.0. The molecule has 0 aliphatic rings. The molecule has 4 N–H and O–H groups in total. The van der Waals surface area contributed by atoms with Gasteiger partial charge < -0.3 is 20.8 Å². The molecule has 0 radical (unpaired) electrons. The van der Waals surface area contributed by atoms with Gasteiger partial charge in [-0.1, -0.05) is 0 Å². The van der Waals surface area contributed by atoms with Gasteiger partial charge >= 0.3 is 0 Å². The van der Waals surface area contributed by atoms with Crippen molar-refractivity contribution in [1.82, 2.24) is 14.6 Å². The molecule has 11 heteroatoms. The molecule has 0 saturated heterocycles. The molecule has 35 heavy (non-hydrogen) atoms. The predicted molar refractivity (Wildman–Crippen MR) is 126 cm³/mol. The summed E-state index contributed by atoms with van der Waals surface area (Å²) in [6, 6.07) is 5.40. The minimum Gasteiger partial charge on any atom is -0.469 e. The van der Waals surface area contributed by atoms with Gasteiger partial charge in [-0.3, -0.25) is 14.4 Å². The maximum atomic E-state index is 14.3. The van der Waals surface area contributed by atoms with Gasteiger partial charge in [0, 0.05) is 23.5 Å². The summed E-state index contributed by atoms with van der Waals surface area (Å²) in [5.74, 6) is -1.68. The molecule has 180 valence electrons. The second kappa shape index (κ2) is 9.37. The Balaban J connectivity index is 1.45. The Kier molecular flexibility index (Phi) is 6.32. The maximum Gasteiger partial charge on any atom is 0.259 e. The topological polar surface area (TPSA) is 145 Å². The van der Waals surface area contributed by atoms with Gasteiger partial charge in [-0.25, -0.2) is 13.9 Å². The van der Waals surface area contributed by atoms with Crippen LogP contribution < -0.4 is 16.4 Å². The number of aryl methyl sites for hydroxylation is 3. The highest BCUT2D eigenvalue weighted by molar-refractivity contribution is 6.05. The van der Waals surface area contributed by atoms with Crippen LogP contribution in [0.5, 0.6) is 0 Å². The maximum absolute atomic E-state index is 14.3. The number of nitrogens with zero attached hydrogens (tertiary/aromatic N) is 3. The summed E-state index contributed by atoms with van der Waals surface area (Å²) >= 11 is 0. The van der Waals surface area contributed by atoms with Crippen molar-refractivity contribution < 1.29 is 23.2 Å². The van der Waals surface area contributed by atoms with E-state index in [9.17, 15) is 18.8 Å². The molecule has 4 aromatic rings. The third kappa shape index (κ3) is 4.74. The number of furan rings is 1. The van der Waals surface area contributed by atoms with Gasteiger partial charge in [0.15, 0.2) is 5.65 Å². The van der Waals surface area contributed by atoms with Crippen LogP contribution in [0.25, 0.3) is 5.65 Å². The molecule has 3 amide bonds. The van der Waals surface area contributed by atoms with Crippen LogP contribution in [0.15, 0.2) is 41.1 Å². The monoisotopic (exact) mass is 478 g/mol. The van der Waals surface area contributed by atoms with Gasteiger partial charge in [0.05, 0.1) is 23.7 Å². The van der Waals surface area contributed by atoms with Crippen molar-refractivity contribution in [3.8, 4) is 0 Å². The highest BCUT2D eigenvalue weighted by Crippen LogP contribution is 2.22. The van der Waals surface area contributed by atoms with Crippen LogP contribution >= 0.6 is 0 Å². The molecule has 10 nitrogen and oxygen atoms in total. The fourth-order valence-corrected chi connectivity index (χ4v) is 3.82. The summed E-state index contributed by atoms with van der Waals surface area (Å²) in [5, 5.41) is 9.38. The molecule has 0 bridgehead atoms. The Morgan fingerprint density at radius 2 is 1.89 bits per heavy atom. The molecule has 0 unspecified atom stereocenters. The first-order valence-electron chi connectivity index (χ1n) is 10.7. The number of halogens is 1. The van der Waals surface area contributed by atoms with E-state index in [0.717, 1.165) is 17.3 Å². The van der Waals surface area contributed by atoms with E-state index in [2.05, 4.69) is 20.7 Å². The van der Waals surface area contributed by atoms with Crippen molar-refractivity contribution in [3.05, 3.63) is 76.4 Å². The van der Waals surface area contributed by atoms with Crippen LogP contribution in [0.3, 0.4) is 0 Å². The zero-order valence-corrected chi connectivity index (χ0v) is 19.3. The Bertz CT molecular complexity index is 1470. The van der Waals surface area contributed by atoms with Crippen LogP contribution in [0.2, 0.25) is 0 Å². The Morgan fingerprint density at radius 1 is 1.11 bits per heavy atom. The van der Waals surface area contributed by atoms with Gasteiger partial charge in [0.2, 0.25) is 5.91 Å². The van der Waals surface area contributed by atoms with E-state index in [1.807, 2.05) is 6.92 Å². The molecule has 0 spiro atoms. The third-order valence-electron chi connectivity index (χ3n) is 5.68. The zero-order valence-electron chi connectivity index (χ0n) is 19.3. The highest BCUT2D eigenvalue weighted by Gasteiger charge is 2.18. The van der Waals surface area contributed by atoms with E-state index in [4.69, 9.17) is 10.2 Å². The number of hydrogen-bond acceptors (Lipinski definition) is 6. The Labute approximate surface area is 199 Å². The van der Waals surface area contributed by atoms with Crippen molar-refractivity contribution in [2.75, 3.05) is 10.6 Å². The molecule has 0 atom stereocenters. The molecular weight excluding hydrogens is 455 g/mol. The number of amides is 3. The van der Waals surface area contributed by atoms with Crippen LogP contribution in [0.4, 0.5) is 15.8 Å². The lowest BCUT2D eigenvalue weighted by atomic mass is 10.1. The van der Waals surface area contributed by atoms with Crippen molar-refractivity contribution >= 4 is 34.7 Å². The smallest absolute Gasteiger partial charge is 0.259 e. The molecular formula is C24H23FN6O4. The molecule has 0 fully saturated rings. The number of rotatable bonds is 7. The lowest BCUT2D eigenvalue weighted by Crippen LogP contribution is -2.16. The molecule has 4 rings (SSSR count). The van der Waals surface area contributed by atoms with E-state index in [0.29, 0.717) is 29.2 Å². The third-order valence-corrected chi connectivity index (χ3v) is 5.68. The van der Waals surface area contributed by atoms with E-state index < -0.39 is 17.6 Å². The second-order valence-electron chi connectivity index (χ2n) is 8.01. The number of carbonyl (C=O) groups is 3. The number of nitrogens with two attached hydrogens (primary N) is 1. The Hall–Kier alpha value is -4.54. The van der Waals surface area contributed by atoms with Crippen molar-refractivity contribution in [3.63, 3.8) is 0 Å². The second-order valence-corrected chi connectivity index (χ2v) is 8.01. The largest absolute Gasteiger partial charge is 0.469 e.